The summed E-state index contributed by atoms with van der Waals surface area (Å²) in [6, 6.07) is 12.4. The third-order valence-electron chi connectivity index (χ3n) is 7.50. The van der Waals surface area contributed by atoms with Gasteiger partial charge in [-0.15, -0.1) is 0 Å². The average molecular weight is 791 g/mol. The maximum atomic E-state index is 14.3. The number of anilines is 2. The molecular formula is C32H20F6N8O6S2. The molecule has 2 amide bonds. The van der Waals surface area contributed by atoms with Crippen molar-refractivity contribution in [3.05, 3.63) is 104 Å². The van der Waals surface area contributed by atoms with Crippen molar-refractivity contribution in [1.29, 1.82) is 0 Å². The lowest BCUT2D eigenvalue weighted by Crippen LogP contribution is -2.17. The summed E-state index contributed by atoms with van der Waals surface area (Å²) in [5, 5.41) is 27.0. The molecule has 0 radical (unpaired) electrons. The number of nitro benzene ring substituents is 2. The number of H-pyrrole nitrogens is 2. The first-order chi connectivity index (χ1) is 25.4. The van der Waals surface area contributed by atoms with Crippen LogP contribution in [0.25, 0.3) is 33.2 Å². The van der Waals surface area contributed by atoms with Crippen LogP contribution in [-0.4, -0.2) is 53.1 Å². The number of nitrogens with one attached hydrogen (secondary N) is 4. The van der Waals surface area contributed by atoms with Crippen LogP contribution in [0.3, 0.4) is 0 Å². The van der Waals surface area contributed by atoms with E-state index in [1.165, 1.54) is 36.4 Å². The van der Waals surface area contributed by atoms with E-state index in [1.54, 1.807) is 0 Å². The predicted octanol–water partition coefficient (Wildman–Crippen LogP) is 8.42. The monoisotopic (exact) mass is 790 g/mol. The van der Waals surface area contributed by atoms with Gasteiger partial charge in [-0.3, -0.25) is 29.8 Å². The lowest BCUT2D eigenvalue weighted by Gasteiger charge is -2.19. The summed E-state index contributed by atoms with van der Waals surface area (Å²) in [4.78, 5) is 60.0. The number of rotatable bonds is 11. The van der Waals surface area contributed by atoms with Crippen LogP contribution >= 0.6 is 23.5 Å². The molecule has 22 heteroatoms. The molecule has 6 aromatic rings. The number of carbonyl (C=O) groups excluding carboxylic acids is 2. The summed E-state index contributed by atoms with van der Waals surface area (Å²) < 4.78 is 85.7. The predicted molar refractivity (Wildman–Crippen MR) is 186 cm³/mol. The van der Waals surface area contributed by atoms with Gasteiger partial charge in [0, 0.05) is 35.6 Å². The van der Waals surface area contributed by atoms with Crippen LogP contribution < -0.4 is 10.6 Å². The van der Waals surface area contributed by atoms with Crippen LogP contribution in [0.2, 0.25) is 0 Å². The van der Waals surface area contributed by atoms with Crippen molar-refractivity contribution in [3.8, 4) is 11.1 Å². The Labute approximate surface area is 305 Å². The van der Waals surface area contributed by atoms with Crippen LogP contribution in [0.5, 0.6) is 0 Å². The number of aromatic amines is 2. The summed E-state index contributed by atoms with van der Waals surface area (Å²) in [7, 11) is 0. The van der Waals surface area contributed by atoms with Gasteiger partial charge in [0.05, 0.1) is 54.5 Å². The molecule has 0 aliphatic rings. The fourth-order valence-corrected chi connectivity index (χ4v) is 6.53. The van der Waals surface area contributed by atoms with Crippen LogP contribution in [0.15, 0.2) is 83.1 Å². The van der Waals surface area contributed by atoms with Crippen molar-refractivity contribution in [1.82, 2.24) is 19.9 Å². The molecule has 6 rings (SSSR count). The highest BCUT2D eigenvalue weighted by molar-refractivity contribution is 8.00. The number of alkyl halides is 6. The summed E-state index contributed by atoms with van der Waals surface area (Å²) in [5.74, 6) is -2.24. The summed E-state index contributed by atoms with van der Waals surface area (Å²) in [6.45, 7) is 0. The van der Waals surface area contributed by atoms with Gasteiger partial charge in [-0.1, -0.05) is 35.7 Å². The lowest BCUT2D eigenvalue weighted by atomic mass is 9.93. The number of fused-ring (bicyclic) bond motifs is 2. The highest BCUT2D eigenvalue weighted by atomic mass is 32.2. The Hall–Kier alpha value is -6.16. The Balaban J connectivity index is 1.16. The van der Waals surface area contributed by atoms with Crippen molar-refractivity contribution < 1.29 is 45.8 Å². The molecule has 0 aliphatic carbocycles. The summed E-state index contributed by atoms with van der Waals surface area (Å²) in [5.41, 5.74) is -4.32. The van der Waals surface area contributed by atoms with Crippen molar-refractivity contribution in [2.24, 2.45) is 0 Å². The number of nitrogens with zero attached hydrogens (tertiary/aromatic N) is 4. The molecule has 0 bridgehead atoms. The molecule has 2 heterocycles. The molecule has 0 atom stereocenters. The van der Waals surface area contributed by atoms with Crippen molar-refractivity contribution in [3.63, 3.8) is 0 Å². The Kier molecular flexibility index (Phi) is 10.2. The van der Waals surface area contributed by atoms with Crippen molar-refractivity contribution in [2.75, 3.05) is 22.1 Å². The smallest absolute Gasteiger partial charge is 0.333 e. The van der Waals surface area contributed by atoms with Gasteiger partial charge in [0.25, 0.3) is 11.4 Å². The number of hydrogen-bond acceptors (Lipinski definition) is 10. The number of benzene rings is 4. The normalized spacial score (nSPS) is 11.9. The van der Waals surface area contributed by atoms with E-state index in [4.69, 9.17) is 0 Å². The molecule has 4 N–H and O–H groups in total. The third kappa shape index (κ3) is 8.55. The van der Waals surface area contributed by atoms with E-state index in [2.05, 4.69) is 30.6 Å². The number of thioether (sulfide) groups is 2. The Morgan fingerprint density at radius 1 is 0.630 bits per heavy atom. The van der Waals surface area contributed by atoms with E-state index in [1.807, 2.05) is 0 Å². The highest BCUT2D eigenvalue weighted by Crippen LogP contribution is 2.44. The van der Waals surface area contributed by atoms with E-state index < -0.39 is 56.3 Å². The fraction of sp³-hybridized carbons (Fsp3) is 0.125. The minimum Gasteiger partial charge on any atom is -0.333 e. The Morgan fingerprint density at radius 2 is 1.02 bits per heavy atom. The molecule has 2 aromatic heterocycles. The van der Waals surface area contributed by atoms with Crippen LogP contribution in [0.4, 0.5) is 49.1 Å². The zero-order chi connectivity index (χ0) is 38.9. The minimum absolute atomic E-state index is 0.194. The van der Waals surface area contributed by atoms with Gasteiger partial charge in [-0.25, -0.2) is 9.97 Å². The van der Waals surface area contributed by atoms with Gasteiger partial charge in [0.2, 0.25) is 11.8 Å². The minimum atomic E-state index is -5.16. The maximum Gasteiger partial charge on any atom is 0.417 e. The number of halogens is 6. The zero-order valence-electron chi connectivity index (χ0n) is 26.7. The lowest BCUT2D eigenvalue weighted by molar-refractivity contribution is -0.384. The number of hydrogen-bond donors (Lipinski definition) is 4. The topological polar surface area (TPSA) is 202 Å². The highest BCUT2D eigenvalue weighted by Gasteiger charge is 2.39. The summed E-state index contributed by atoms with van der Waals surface area (Å²) >= 11 is 1.72. The number of amides is 2. The quantitative estimate of drug-likeness (QED) is 0.0427. The second kappa shape index (κ2) is 14.7. The molecule has 0 saturated carbocycles. The van der Waals surface area contributed by atoms with Crippen LogP contribution in [0, 0.1) is 20.2 Å². The average Bonchev–Trinajstić information content (AvgIpc) is 3.72. The Bertz CT molecular complexity index is 2300. The molecule has 54 heavy (non-hydrogen) atoms. The SMILES string of the molecule is O=C(CSc1nc2ccc([N+](=O)[O-])cc2[nH]1)Nc1ccc(-c2ccc(NC(=O)CSc3nc4ccc([N+](=O)[O-])cc4[nH]3)cc2C(F)(F)F)c(C(F)(F)F)c1. The number of aromatic nitrogens is 4. The van der Waals surface area contributed by atoms with Gasteiger partial charge in [-0.05, 0) is 47.5 Å². The first-order valence-corrected chi connectivity index (χ1v) is 17.0. The molecular weight excluding hydrogens is 771 g/mol. The number of non-ortho nitro benzene ring substituents is 2. The molecule has 0 aliphatic heterocycles. The number of imidazole rings is 2. The fourth-order valence-electron chi connectivity index (χ4n) is 5.16. The van der Waals surface area contributed by atoms with Crippen LogP contribution in [0.1, 0.15) is 11.1 Å². The van der Waals surface area contributed by atoms with Gasteiger partial charge < -0.3 is 20.6 Å². The molecule has 4 aromatic carbocycles. The van der Waals surface area contributed by atoms with E-state index in [0.717, 1.165) is 47.8 Å². The largest absolute Gasteiger partial charge is 0.417 e. The molecule has 278 valence electrons. The Morgan fingerprint density at radius 3 is 1.37 bits per heavy atom. The van der Waals surface area contributed by atoms with Crippen molar-refractivity contribution in [2.45, 2.75) is 22.7 Å². The van der Waals surface area contributed by atoms with Gasteiger partial charge in [-0.2, -0.15) is 26.3 Å². The van der Waals surface area contributed by atoms with Gasteiger partial charge in [0.15, 0.2) is 10.3 Å². The number of nitro groups is 2. The van der Waals surface area contributed by atoms with Crippen molar-refractivity contribution >= 4 is 80.2 Å². The van der Waals surface area contributed by atoms with Gasteiger partial charge >= 0.3 is 12.4 Å². The first-order valence-electron chi connectivity index (χ1n) is 15.0. The van der Waals surface area contributed by atoms with E-state index in [9.17, 15) is 56.2 Å². The van der Waals surface area contributed by atoms with Crippen LogP contribution in [-0.2, 0) is 21.9 Å². The molecule has 14 nitrogen and oxygen atoms in total. The third-order valence-corrected chi connectivity index (χ3v) is 9.24. The molecule has 0 spiro atoms. The summed E-state index contributed by atoms with van der Waals surface area (Å²) in [6.07, 6.45) is -10.3. The molecule has 0 fully saturated rings. The first kappa shape index (κ1) is 37.6. The number of carbonyl (C=O) groups is 2. The van der Waals surface area contributed by atoms with E-state index in [0.29, 0.717) is 34.2 Å². The zero-order valence-corrected chi connectivity index (χ0v) is 28.3. The van der Waals surface area contributed by atoms with Gasteiger partial charge in [0.1, 0.15) is 0 Å². The maximum absolute atomic E-state index is 14.3. The second-order valence-corrected chi connectivity index (χ2v) is 13.1. The standard InChI is InChI=1S/C32H20F6N8O6S2/c33-31(34,35)21-9-15(39-27(47)13-53-29-41-23-7-3-17(45(49)50)11-25(23)43-29)1-5-19(21)20-6-2-16(10-22(20)32(36,37)38)40-28(48)14-54-30-42-24-8-4-18(46(51)52)12-26(24)44-30/h1-12H,13-14H2,(H,39,47)(H,40,48)(H,41,43)(H,42,44). The van der Waals surface area contributed by atoms with E-state index in [-0.39, 0.29) is 44.6 Å². The molecule has 0 unspecified atom stereocenters. The second-order valence-electron chi connectivity index (χ2n) is 11.2. The molecule has 0 saturated heterocycles. The van der Waals surface area contributed by atoms with E-state index >= 15 is 0 Å².